The number of ketones is 1. The van der Waals surface area contributed by atoms with Crippen LogP contribution in [-0.4, -0.2) is 33.4 Å². The molecule has 7 heteroatoms. The molecule has 0 aliphatic carbocycles. The van der Waals surface area contributed by atoms with Crippen LogP contribution < -0.4 is 4.74 Å². The standard InChI is InChI=1S/C20H21N3O2S2/c1-5-10-23-19(15-6-8-16(25-4)9-7-15)21-22-20(23)26-12-18(24)17-11-13(2)27-14(17)3/h5-9,11H,1,10,12H2,2-4H3. The Balaban J connectivity index is 1.81. The SMILES string of the molecule is C=CCn1c(SCC(=O)c2cc(C)sc2C)nnc1-c1ccc(OC)cc1. The second kappa shape index (κ2) is 8.54. The number of Topliss-reactive ketones (excluding diaryl/α,β-unsaturated/α-hetero) is 1. The van der Waals surface area contributed by atoms with Gasteiger partial charge in [0.2, 0.25) is 0 Å². The molecule has 5 nitrogen and oxygen atoms in total. The first kappa shape index (κ1) is 19.4. The number of aromatic nitrogens is 3. The molecule has 0 bridgehead atoms. The Morgan fingerprint density at radius 1 is 1.30 bits per heavy atom. The first-order valence-corrected chi connectivity index (χ1v) is 10.2. The van der Waals surface area contributed by atoms with Gasteiger partial charge in [0.05, 0.1) is 12.9 Å². The van der Waals surface area contributed by atoms with Crippen LogP contribution in [-0.2, 0) is 6.54 Å². The molecule has 0 unspecified atom stereocenters. The Bertz CT molecular complexity index is 958. The third kappa shape index (κ3) is 4.31. The van der Waals surface area contributed by atoms with Crippen LogP contribution in [0.1, 0.15) is 20.1 Å². The Kier molecular flexibility index (Phi) is 6.13. The van der Waals surface area contributed by atoms with E-state index < -0.39 is 0 Å². The Morgan fingerprint density at radius 3 is 2.63 bits per heavy atom. The predicted molar refractivity (Wildman–Crippen MR) is 111 cm³/mol. The lowest BCUT2D eigenvalue weighted by Gasteiger charge is -2.08. The summed E-state index contributed by atoms with van der Waals surface area (Å²) in [5.41, 5.74) is 1.74. The number of ether oxygens (including phenoxy) is 1. The summed E-state index contributed by atoms with van der Waals surface area (Å²) in [6, 6.07) is 9.62. The Hall–Kier alpha value is -2.38. The van der Waals surface area contributed by atoms with Crippen LogP contribution in [0.2, 0.25) is 0 Å². The van der Waals surface area contributed by atoms with Gasteiger partial charge in [-0.3, -0.25) is 9.36 Å². The van der Waals surface area contributed by atoms with E-state index in [1.807, 2.05) is 48.7 Å². The van der Waals surface area contributed by atoms with Crippen molar-refractivity contribution in [3.63, 3.8) is 0 Å². The number of hydrogen-bond donors (Lipinski definition) is 0. The van der Waals surface area contributed by atoms with Crippen LogP contribution in [0, 0.1) is 13.8 Å². The van der Waals surface area contributed by atoms with Gasteiger partial charge in [0.1, 0.15) is 5.75 Å². The molecule has 0 radical (unpaired) electrons. The van der Waals surface area contributed by atoms with Crippen molar-refractivity contribution < 1.29 is 9.53 Å². The van der Waals surface area contributed by atoms with Crippen LogP contribution >= 0.6 is 23.1 Å². The molecule has 0 fully saturated rings. The van der Waals surface area contributed by atoms with Crippen LogP contribution in [0.25, 0.3) is 11.4 Å². The molecule has 27 heavy (non-hydrogen) atoms. The molecule has 0 spiro atoms. The number of allylic oxidation sites excluding steroid dienone is 1. The molecular weight excluding hydrogens is 378 g/mol. The molecule has 0 N–H and O–H groups in total. The van der Waals surface area contributed by atoms with Gasteiger partial charge in [0.25, 0.3) is 0 Å². The quantitative estimate of drug-likeness (QED) is 0.310. The van der Waals surface area contributed by atoms with E-state index in [1.165, 1.54) is 11.8 Å². The lowest BCUT2D eigenvalue weighted by molar-refractivity contribution is 0.102. The van der Waals surface area contributed by atoms with Crippen LogP contribution in [0.3, 0.4) is 0 Å². The molecular formula is C20H21N3O2S2. The number of thioether (sulfide) groups is 1. The average molecular weight is 400 g/mol. The largest absolute Gasteiger partial charge is 0.497 e. The van der Waals surface area contributed by atoms with E-state index in [0.717, 1.165) is 32.5 Å². The third-order valence-electron chi connectivity index (χ3n) is 4.05. The highest BCUT2D eigenvalue weighted by atomic mass is 32.2. The third-order valence-corrected chi connectivity index (χ3v) is 5.98. The normalized spacial score (nSPS) is 10.8. The van der Waals surface area contributed by atoms with Crippen molar-refractivity contribution in [2.45, 2.75) is 25.5 Å². The Labute approximate surface area is 167 Å². The Morgan fingerprint density at radius 2 is 2.04 bits per heavy atom. The second-order valence-electron chi connectivity index (χ2n) is 5.97. The summed E-state index contributed by atoms with van der Waals surface area (Å²) in [4.78, 5) is 14.8. The van der Waals surface area contributed by atoms with E-state index >= 15 is 0 Å². The lowest BCUT2D eigenvalue weighted by Crippen LogP contribution is -2.05. The van der Waals surface area contributed by atoms with Crippen LogP contribution in [0.15, 0.2) is 48.1 Å². The first-order chi connectivity index (χ1) is 13.0. The van der Waals surface area contributed by atoms with E-state index in [4.69, 9.17) is 4.74 Å². The number of methoxy groups -OCH3 is 1. The molecule has 2 heterocycles. The predicted octanol–water partition coefficient (Wildman–Crippen LogP) is 4.79. The van der Waals surface area contributed by atoms with Gasteiger partial charge in [-0.2, -0.15) is 0 Å². The maximum absolute atomic E-state index is 12.6. The molecule has 0 saturated carbocycles. The van der Waals surface area contributed by atoms with E-state index in [2.05, 4.69) is 16.8 Å². The smallest absolute Gasteiger partial charge is 0.192 e. The maximum Gasteiger partial charge on any atom is 0.192 e. The summed E-state index contributed by atoms with van der Waals surface area (Å²) in [5, 5.41) is 9.33. The van der Waals surface area contributed by atoms with E-state index in [0.29, 0.717) is 17.5 Å². The van der Waals surface area contributed by atoms with E-state index in [1.54, 1.807) is 24.5 Å². The van der Waals surface area contributed by atoms with Crippen molar-refractivity contribution in [1.82, 2.24) is 14.8 Å². The van der Waals surface area contributed by atoms with Crippen molar-refractivity contribution in [3.05, 3.63) is 58.3 Å². The summed E-state index contributed by atoms with van der Waals surface area (Å²) in [5.74, 6) is 1.97. The minimum atomic E-state index is 0.112. The molecule has 2 aromatic heterocycles. The molecule has 0 saturated heterocycles. The summed E-state index contributed by atoms with van der Waals surface area (Å²) >= 11 is 3.05. The van der Waals surface area contributed by atoms with Crippen LogP contribution in [0.4, 0.5) is 0 Å². The molecule has 3 rings (SSSR count). The highest BCUT2D eigenvalue weighted by Crippen LogP contribution is 2.27. The zero-order valence-corrected chi connectivity index (χ0v) is 17.2. The highest BCUT2D eigenvalue weighted by Gasteiger charge is 2.17. The minimum absolute atomic E-state index is 0.112. The van der Waals surface area contributed by atoms with Gasteiger partial charge >= 0.3 is 0 Å². The van der Waals surface area contributed by atoms with Gasteiger partial charge in [0, 0.05) is 27.4 Å². The second-order valence-corrected chi connectivity index (χ2v) is 8.38. The zero-order valence-electron chi connectivity index (χ0n) is 15.6. The molecule has 140 valence electrons. The first-order valence-electron chi connectivity index (χ1n) is 8.45. The van der Waals surface area contributed by atoms with Gasteiger partial charge in [-0.25, -0.2) is 0 Å². The van der Waals surface area contributed by atoms with E-state index in [-0.39, 0.29) is 5.78 Å². The maximum atomic E-state index is 12.6. The number of carbonyl (C=O) groups excluding carboxylic acids is 1. The molecule has 3 aromatic rings. The van der Waals surface area contributed by atoms with Crippen molar-refractivity contribution in [2.24, 2.45) is 0 Å². The van der Waals surface area contributed by atoms with Crippen molar-refractivity contribution in [3.8, 4) is 17.1 Å². The number of carbonyl (C=O) groups is 1. The monoisotopic (exact) mass is 399 g/mol. The number of thiophene rings is 1. The van der Waals surface area contributed by atoms with Gasteiger partial charge in [-0.15, -0.1) is 28.1 Å². The summed E-state index contributed by atoms with van der Waals surface area (Å²) in [6.45, 7) is 8.40. The minimum Gasteiger partial charge on any atom is -0.497 e. The number of rotatable bonds is 8. The number of aryl methyl sites for hydroxylation is 2. The summed E-state index contributed by atoms with van der Waals surface area (Å²) < 4.78 is 7.18. The van der Waals surface area contributed by atoms with Gasteiger partial charge in [0.15, 0.2) is 16.8 Å². The topological polar surface area (TPSA) is 57.0 Å². The fourth-order valence-corrected chi connectivity index (χ4v) is 4.53. The summed E-state index contributed by atoms with van der Waals surface area (Å²) in [7, 11) is 1.64. The molecule has 0 atom stereocenters. The van der Waals surface area contributed by atoms with Crippen molar-refractivity contribution in [2.75, 3.05) is 12.9 Å². The van der Waals surface area contributed by atoms with Gasteiger partial charge in [-0.05, 0) is 44.2 Å². The lowest BCUT2D eigenvalue weighted by atomic mass is 10.2. The molecule has 1 aromatic carbocycles. The highest BCUT2D eigenvalue weighted by molar-refractivity contribution is 7.99. The van der Waals surface area contributed by atoms with Gasteiger partial charge in [-0.1, -0.05) is 17.8 Å². The van der Waals surface area contributed by atoms with Crippen molar-refractivity contribution in [1.29, 1.82) is 0 Å². The number of hydrogen-bond acceptors (Lipinski definition) is 6. The van der Waals surface area contributed by atoms with Gasteiger partial charge < -0.3 is 4.74 Å². The average Bonchev–Trinajstić information content (AvgIpc) is 3.22. The fourth-order valence-electron chi connectivity index (χ4n) is 2.76. The molecule has 0 aliphatic heterocycles. The number of benzene rings is 1. The summed E-state index contributed by atoms with van der Waals surface area (Å²) in [6.07, 6.45) is 1.80. The van der Waals surface area contributed by atoms with Crippen LogP contribution in [0.5, 0.6) is 5.75 Å². The van der Waals surface area contributed by atoms with Crippen molar-refractivity contribution >= 4 is 28.9 Å². The van der Waals surface area contributed by atoms with E-state index in [9.17, 15) is 4.79 Å². The molecule has 0 amide bonds. The molecule has 0 aliphatic rings. The zero-order chi connectivity index (χ0) is 19.4. The number of nitrogens with zero attached hydrogens (tertiary/aromatic N) is 3. The fraction of sp³-hybridized carbons (Fsp3) is 0.250.